The summed E-state index contributed by atoms with van der Waals surface area (Å²) in [6, 6.07) is 11.4. The molecule has 0 N–H and O–H groups in total. The molecule has 29 heavy (non-hydrogen) atoms. The highest BCUT2D eigenvalue weighted by molar-refractivity contribution is 5.78. The van der Waals surface area contributed by atoms with Crippen molar-refractivity contribution in [2.24, 2.45) is 0 Å². The molecular weight excluding hydrogens is 378 g/mol. The molecule has 0 saturated carbocycles. The van der Waals surface area contributed by atoms with Crippen LogP contribution in [0, 0.1) is 0 Å². The number of carbonyl (C=O) groups is 1. The number of nitrogens with zero attached hydrogens (tertiary/aromatic N) is 3. The van der Waals surface area contributed by atoms with Crippen LogP contribution in [-0.2, 0) is 9.53 Å². The maximum absolute atomic E-state index is 12.1. The van der Waals surface area contributed by atoms with Gasteiger partial charge in [-0.05, 0) is 37.3 Å². The van der Waals surface area contributed by atoms with E-state index in [0.29, 0.717) is 22.7 Å². The van der Waals surface area contributed by atoms with Crippen molar-refractivity contribution in [1.29, 1.82) is 0 Å². The second kappa shape index (κ2) is 7.93. The second-order valence-corrected chi connectivity index (χ2v) is 6.07. The average Bonchev–Trinajstić information content (AvgIpc) is 3.23. The van der Waals surface area contributed by atoms with E-state index in [0.717, 1.165) is 5.39 Å². The third-order valence-corrected chi connectivity index (χ3v) is 3.97. The highest BCUT2D eigenvalue weighted by atomic mass is 16.6. The van der Waals surface area contributed by atoms with Crippen LogP contribution in [-0.4, -0.2) is 27.7 Å². The predicted molar refractivity (Wildman–Crippen MR) is 100 cm³/mol. The summed E-state index contributed by atoms with van der Waals surface area (Å²) in [7, 11) is 0. The molecule has 1 unspecified atom stereocenters. The molecule has 0 saturated heterocycles. The topological polar surface area (TPSA) is 118 Å². The average molecular weight is 393 g/mol. The van der Waals surface area contributed by atoms with Gasteiger partial charge in [-0.25, -0.2) is 9.59 Å². The molecule has 146 valence electrons. The maximum atomic E-state index is 12.1. The molecule has 4 aromatic rings. The molecule has 0 spiro atoms. The number of carbonyl (C=O) groups excluding carboxylic acids is 1. The smallest absolute Gasteiger partial charge is 0.344 e. The van der Waals surface area contributed by atoms with E-state index in [1.54, 1.807) is 49.6 Å². The first-order chi connectivity index (χ1) is 14.1. The molecule has 3 heterocycles. The van der Waals surface area contributed by atoms with Gasteiger partial charge in [0, 0.05) is 35.5 Å². The van der Waals surface area contributed by atoms with Crippen molar-refractivity contribution in [3.8, 4) is 17.1 Å². The van der Waals surface area contributed by atoms with E-state index in [2.05, 4.69) is 15.1 Å². The van der Waals surface area contributed by atoms with E-state index in [1.165, 1.54) is 12.1 Å². The lowest BCUT2D eigenvalue weighted by atomic mass is 10.2. The van der Waals surface area contributed by atoms with Crippen LogP contribution in [0.2, 0.25) is 0 Å². The minimum atomic E-state index is -0.751. The number of rotatable bonds is 6. The molecule has 0 amide bonds. The molecule has 4 rings (SSSR count). The molecule has 0 aliphatic heterocycles. The summed E-state index contributed by atoms with van der Waals surface area (Å²) < 4.78 is 20.9. The fourth-order valence-electron chi connectivity index (χ4n) is 2.57. The van der Waals surface area contributed by atoms with Gasteiger partial charge in [0.2, 0.25) is 5.82 Å². The Bertz CT molecular complexity index is 1200. The second-order valence-electron chi connectivity index (χ2n) is 6.07. The van der Waals surface area contributed by atoms with E-state index in [9.17, 15) is 9.59 Å². The summed E-state index contributed by atoms with van der Waals surface area (Å²) in [5, 5.41) is 4.60. The lowest BCUT2D eigenvalue weighted by Crippen LogP contribution is -2.17. The lowest BCUT2D eigenvalue weighted by Gasteiger charge is -2.10. The van der Waals surface area contributed by atoms with E-state index in [4.69, 9.17) is 18.4 Å². The molecule has 3 aromatic heterocycles. The van der Waals surface area contributed by atoms with Crippen molar-refractivity contribution in [1.82, 2.24) is 15.1 Å². The standard InChI is InChI=1S/C20H15N3O6/c1-12(20-22-19(23-29-20)14-3-2-8-21-10-14)27-18(25)11-26-15-6-4-13-5-7-17(24)28-16(13)9-15/h2-10,12H,11H2,1H3. The molecular formula is C20H15N3O6. The Morgan fingerprint density at radius 3 is 2.90 bits per heavy atom. The zero-order valence-electron chi connectivity index (χ0n) is 15.3. The minimum absolute atomic E-state index is 0.157. The molecule has 0 aliphatic rings. The highest BCUT2D eigenvalue weighted by Gasteiger charge is 2.19. The molecule has 9 heteroatoms. The number of benzene rings is 1. The van der Waals surface area contributed by atoms with Crippen LogP contribution in [0.4, 0.5) is 0 Å². The fraction of sp³-hybridized carbons (Fsp3) is 0.150. The first kappa shape index (κ1) is 18.4. The molecule has 0 bridgehead atoms. The van der Waals surface area contributed by atoms with Crippen molar-refractivity contribution in [2.75, 3.05) is 6.61 Å². The number of esters is 1. The Kier molecular flexibility index (Phi) is 5.02. The lowest BCUT2D eigenvalue weighted by molar-refractivity contribution is -0.152. The van der Waals surface area contributed by atoms with E-state index in [-0.39, 0.29) is 12.5 Å². The Labute approximate surface area is 163 Å². The van der Waals surface area contributed by atoms with Crippen molar-refractivity contribution >= 4 is 16.9 Å². The van der Waals surface area contributed by atoms with Crippen LogP contribution in [0.15, 0.2) is 68.6 Å². The Morgan fingerprint density at radius 1 is 1.21 bits per heavy atom. The van der Waals surface area contributed by atoms with Crippen molar-refractivity contribution < 1.29 is 23.2 Å². The normalized spacial score (nSPS) is 11.9. The number of hydrogen-bond donors (Lipinski definition) is 0. The van der Waals surface area contributed by atoms with Crippen LogP contribution < -0.4 is 10.4 Å². The molecule has 0 aliphatic carbocycles. The van der Waals surface area contributed by atoms with Gasteiger partial charge in [-0.3, -0.25) is 4.98 Å². The summed E-state index contributed by atoms with van der Waals surface area (Å²) in [5.41, 5.74) is 0.589. The zero-order valence-corrected chi connectivity index (χ0v) is 15.3. The number of fused-ring (bicyclic) bond motifs is 1. The number of ether oxygens (including phenoxy) is 2. The van der Waals surface area contributed by atoms with Gasteiger partial charge in [0.25, 0.3) is 5.89 Å². The number of aromatic nitrogens is 3. The van der Waals surface area contributed by atoms with Gasteiger partial charge in [0.15, 0.2) is 12.7 Å². The van der Waals surface area contributed by atoms with Gasteiger partial charge in [-0.1, -0.05) is 5.16 Å². The third kappa shape index (κ3) is 4.29. The first-order valence-electron chi connectivity index (χ1n) is 8.69. The summed E-state index contributed by atoms with van der Waals surface area (Å²) in [6.45, 7) is 1.28. The Morgan fingerprint density at radius 2 is 2.07 bits per heavy atom. The van der Waals surface area contributed by atoms with Crippen LogP contribution >= 0.6 is 0 Å². The van der Waals surface area contributed by atoms with E-state index in [1.807, 2.05) is 0 Å². The quantitative estimate of drug-likeness (QED) is 0.360. The van der Waals surface area contributed by atoms with Gasteiger partial charge in [-0.2, -0.15) is 4.98 Å². The van der Waals surface area contributed by atoms with Gasteiger partial charge < -0.3 is 18.4 Å². The Hall–Kier alpha value is -4.01. The number of hydrogen-bond acceptors (Lipinski definition) is 9. The summed E-state index contributed by atoms with van der Waals surface area (Å²) in [4.78, 5) is 31.6. The van der Waals surface area contributed by atoms with Gasteiger partial charge in [0.1, 0.15) is 11.3 Å². The van der Waals surface area contributed by atoms with Crippen LogP contribution in [0.5, 0.6) is 5.75 Å². The first-order valence-corrected chi connectivity index (χ1v) is 8.69. The van der Waals surface area contributed by atoms with Crippen LogP contribution in [0.3, 0.4) is 0 Å². The molecule has 0 fully saturated rings. The summed E-state index contributed by atoms with van der Waals surface area (Å²) in [6.07, 6.45) is 2.49. The molecule has 0 radical (unpaired) electrons. The largest absolute Gasteiger partial charge is 0.482 e. The molecule has 1 aromatic carbocycles. The fourth-order valence-corrected chi connectivity index (χ4v) is 2.57. The SMILES string of the molecule is CC(OC(=O)COc1ccc2ccc(=O)oc2c1)c1nc(-c2cccnc2)no1. The molecule has 1 atom stereocenters. The van der Waals surface area contributed by atoms with E-state index >= 15 is 0 Å². The van der Waals surface area contributed by atoms with E-state index < -0.39 is 17.7 Å². The maximum Gasteiger partial charge on any atom is 0.344 e. The van der Waals surface area contributed by atoms with Gasteiger partial charge >= 0.3 is 11.6 Å². The highest BCUT2D eigenvalue weighted by Crippen LogP contribution is 2.21. The zero-order chi connectivity index (χ0) is 20.2. The van der Waals surface area contributed by atoms with Gasteiger partial charge in [-0.15, -0.1) is 0 Å². The minimum Gasteiger partial charge on any atom is -0.482 e. The third-order valence-electron chi connectivity index (χ3n) is 3.97. The van der Waals surface area contributed by atoms with Crippen molar-refractivity contribution in [2.45, 2.75) is 13.0 Å². The van der Waals surface area contributed by atoms with Crippen molar-refractivity contribution in [3.63, 3.8) is 0 Å². The number of pyridine rings is 1. The van der Waals surface area contributed by atoms with Crippen LogP contribution in [0.1, 0.15) is 18.9 Å². The van der Waals surface area contributed by atoms with Crippen molar-refractivity contribution in [3.05, 3.63) is 71.2 Å². The predicted octanol–water partition coefficient (Wildman–Crippen LogP) is 2.92. The summed E-state index contributed by atoms with van der Waals surface area (Å²) >= 11 is 0. The Balaban J connectivity index is 1.36. The monoisotopic (exact) mass is 393 g/mol. The van der Waals surface area contributed by atoms with Gasteiger partial charge in [0.05, 0.1) is 0 Å². The van der Waals surface area contributed by atoms with Crippen LogP contribution in [0.25, 0.3) is 22.4 Å². The summed E-state index contributed by atoms with van der Waals surface area (Å²) in [5.74, 6) is 0.260. The molecule has 9 nitrogen and oxygen atoms in total.